The summed E-state index contributed by atoms with van der Waals surface area (Å²) < 4.78 is 0. The van der Waals surface area contributed by atoms with Gasteiger partial charge in [-0.15, -0.1) is 0 Å². The molecule has 96 valence electrons. The van der Waals surface area contributed by atoms with Crippen LogP contribution in [0.15, 0.2) is 0 Å². The van der Waals surface area contributed by atoms with E-state index in [1.54, 1.807) is 0 Å². The molecule has 0 heterocycles. The van der Waals surface area contributed by atoms with Crippen molar-refractivity contribution in [2.75, 3.05) is 6.54 Å². The number of carbonyl (C=O) groups excluding carboxylic acids is 1. The summed E-state index contributed by atoms with van der Waals surface area (Å²) in [6, 6.07) is -1.14. The summed E-state index contributed by atoms with van der Waals surface area (Å²) in [7, 11) is 0. The summed E-state index contributed by atoms with van der Waals surface area (Å²) >= 11 is 0. The zero-order valence-corrected chi connectivity index (χ0v) is 9.31. The molecule has 1 aliphatic carbocycles. The highest BCUT2D eigenvalue weighted by molar-refractivity contribution is 5.86. The fourth-order valence-corrected chi connectivity index (χ4v) is 1.74. The van der Waals surface area contributed by atoms with Crippen LogP contribution in [0.2, 0.25) is 0 Å². The summed E-state index contributed by atoms with van der Waals surface area (Å²) in [5.74, 6) is -2.72. The lowest BCUT2D eigenvalue weighted by molar-refractivity contribution is -0.154. The van der Waals surface area contributed by atoms with Gasteiger partial charge in [0, 0.05) is 6.54 Å². The molecule has 17 heavy (non-hydrogen) atoms. The number of carboxylic acids is 2. The highest BCUT2D eigenvalue weighted by atomic mass is 16.4. The van der Waals surface area contributed by atoms with Crippen LogP contribution in [0.25, 0.3) is 0 Å². The van der Waals surface area contributed by atoms with Crippen LogP contribution < -0.4 is 11.1 Å². The molecule has 5 N–H and O–H groups in total. The smallest absolute Gasteiger partial charge is 0.311 e. The van der Waals surface area contributed by atoms with E-state index in [4.69, 9.17) is 15.9 Å². The van der Waals surface area contributed by atoms with Gasteiger partial charge in [0.2, 0.25) is 5.91 Å². The van der Waals surface area contributed by atoms with Crippen LogP contribution >= 0.6 is 0 Å². The zero-order chi connectivity index (χ0) is 13.1. The van der Waals surface area contributed by atoms with Crippen LogP contribution in [-0.4, -0.2) is 40.6 Å². The number of nitrogens with two attached hydrogens (primary N) is 1. The van der Waals surface area contributed by atoms with Crippen molar-refractivity contribution in [1.82, 2.24) is 5.32 Å². The van der Waals surface area contributed by atoms with Gasteiger partial charge in [0.1, 0.15) is 0 Å². The first-order valence-electron chi connectivity index (χ1n) is 5.36. The molecule has 0 saturated heterocycles. The fourth-order valence-electron chi connectivity index (χ4n) is 1.74. The Hall–Kier alpha value is -1.63. The Morgan fingerprint density at radius 3 is 2.24 bits per heavy atom. The largest absolute Gasteiger partial charge is 0.481 e. The van der Waals surface area contributed by atoms with E-state index in [1.165, 1.54) is 0 Å². The molecule has 1 amide bonds. The molecule has 1 fully saturated rings. The summed E-state index contributed by atoms with van der Waals surface area (Å²) in [4.78, 5) is 32.7. The minimum atomic E-state index is -1.16. The van der Waals surface area contributed by atoms with Gasteiger partial charge in [0.15, 0.2) is 0 Å². The molecular formula is C10H16N2O5. The number of carbonyl (C=O) groups is 3. The van der Waals surface area contributed by atoms with Crippen LogP contribution in [0.5, 0.6) is 0 Å². The topological polar surface area (TPSA) is 130 Å². The third-order valence-corrected chi connectivity index (χ3v) is 3.10. The standard InChI is InChI=1S/C10H16N2O5/c11-6(4-7(13)14)8(15)12-5-10(9(16)17)2-1-3-10/h6H,1-5,11H2,(H,12,15)(H,13,14)(H,16,17). The Bertz CT molecular complexity index is 338. The van der Waals surface area contributed by atoms with Gasteiger partial charge in [-0.05, 0) is 12.8 Å². The van der Waals surface area contributed by atoms with E-state index in [-0.39, 0.29) is 6.54 Å². The molecule has 0 radical (unpaired) electrons. The van der Waals surface area contributed by atoms with Crippen molar-refractivity contribution < 1.29 is 24.6 Å². The molecule has 0 aromatic carbocycles. The summed E-state index contributed by atoms with van der Waals surface area (Å²) in [5, 5.41) is 19.9. The predicted molar refractivity (Wildman–Crippen MR) is 57.2 cm³/mol. The number of amides is 1. The molecule has 0 spiro atoms. The lowest BCUT2D eigenvalue weighted by Gasteiger charge is -2.37. The summed E-state index contributed by atoms with van der Waals surface area (Å²) in [6.07, 6.45) is 1.41. The molecule has 0 aromatic heterocycles. The second-order valence-corrected chi connectivity index (χ2v) is 4.36. The van der Waals surface area contributed by atoms with Crippen LogP contribution in [0.1, 0.15) is 25.7 Å². The average Bonchev–Trinajstić information content (AvgIpc) is 2.13. The Kier molecular flexibility index (Phi) is 4.06. The number of hydrogen-bond donors (Lipinski definition) is 4. The van der Waals surface area contributed by atoms with Crippen molar-refractivity contribution >= 4 is 17.8 Å². The molecule has 1 rings (SSSR count). The van der Waals surface area contributed by atoms with Crippen molar-refractivity contribution in [2.24, 2.45) is 11.1 Å². The molecule has 7 nitrogen and oxygen atoms in total. The molecule has 1 aliphatic rings. The Morgan fingerprint density at radius 2 is 1.88 bits per heavy atom. The van der Waals surface area contributed by atoms with Crippen LogP contribution in [0.3, 0.4) is 0 Å². The Labute approximate surface area is 98.0 Å². The number of aliphatic carboxylic acids is 2. The maximum absolute atomic E-state index is 11.4. The first kappa shape index (κ1) is 13.4. The van der Waals surface area contributed by atoms with Gasteiger partial charge in [-0.25, -0.2) is 0 Å². The van der Waals surface area contributed by atoms with Crippen molar-refractivity contribution in [3.05, 3.63) is 0 Å². The van der Waals surface area contributed by atoms with E-state index in [2.05, 4.69) is 5.32 Å². The fraction of sp³-hybridized carbons (Fsp3) is 0.700. The monoisotopic (exact) mass is 244 g/mol. The van der Waals surface area contributed by atoms with Gasteiger partial charge in [-0.2, -0.15) is 0 Å². The number of carboxylic acid groups (broad SMARTS) is 2. The highest BCUT2D eigenvalue weighted by Crippen LogP contribution is 2.40. The number of rotatable bonds is 6. The molecule has 1 atom stereocenters. The van der Waals surface area contributed by atoms with E-state index in [9.17, 15) is 14.4 Å². The van der Waals surface area contributed by atoms with E-state index in [1.807, 2.05) is 0 Å². The molecule has 0 aliphatic heterocycles. The second-order valence-electron chi connectivity index (χ2n) is 4.36. The first-order chi connectivity index (χ1) is 7.87. The number of nitrogens with one attached hydrogen (secondary N) is 1. The maximum Gasteiger partial charge on any atom is 0.311 e. The lowest BCUT2D eigenvalue weighted by atomic mass is 9.69. The number of hydrogen-bond acceptors (Lipinski definition) is 4. The third kappa shape index (κ3) is 3.16. The third-order valence-electron chi connectivity index (χ3n) is 3.10. The zero-order valence-electron chi connectivity index (χ0n) is 9.31. The van der Waals surface area contributed by atoms with Crippen molar-refractivity contribution in [3.63, 3.8) is 0 Å². The predicted octanol–water partition coefficient (Wildman–Crippen LogP) is -0.841. The lowest BCUT2D eigenvalue weighted by Crippen LogP contribution is -2.51. The van der Waals surface area contributed by atoms with E-state index in [0.717, 1.165) is 6.42 Å². The maximum atomic E-state index is 11.4. The second kappa shape index (κ2) is 5.13. The van der Waals surface area contributed by atoms with Gasteiger partial charge in [0.25, 0.3) is 0 Å². The van der Waals surface area contributed by atoms with Gasteiger partial charge >= 0.3 is 11.9 Å². The molecule has 7 heteroatoms. The normalized spacial score (nSPS) is 18.9. The molecule has 0 bridgehead atoms. The molecule has 0 aromatic rings. The van der Waals surface area contributed by atoms with Gasteiger partial charge < -0.3 is 21.3 Å². The van der Waals surface area contributed by atoms with Crippen LogP contribution in [-0.2, 0) is 14.4 Å². The Morgan fingerprint density at radius 1 is 1.29 bits per heavy atom. The molecule has 1 saturated carbocycles. The van der Waals surface area contributed by atoms with Crippen molar-refractivity contribution in [1.29, 1.82) is 0 Å². The Balaban J connectivity index is 2.42. The van der Waals surface area contributed by atoms with Crippen molar-refractivity contribution in [3.8, 4) is 0 Å². The quantitative estimate of drug-likeness (QED) is 0.482. The van der Waals surface area contributed by atoms with E-state index >= 15 is 0 Å². The summed E-state index contributed by atoms with van der Waals surface area (Å²) in [6.45, 7) is 0.00842. The highest BCUT2D eigenvalue weighted by Gasteiger charge is 2.44. The summed E-state index contributed by atoms with van der Waals surface area (Å²) in [5.41, 5.74) is 4.45. The average molecular weight is 244 g/mol. The minimum absolute atomic E-state index is 0.00842. The van der Waals surface area contributed by atoms with Gasteiger partial charge in [-0.3, -0.25) is 14.4 Å². The van der Waals surface area contributed by atoms with Crippen molar-refractivity contribution in [2.45, 2.75) is 31.7 Å². The molecule has 1 unspecified atom stereocenters. The van der Waals surface area contributed by atoms with Crippen LogP contribution in [0.4, 0.5) is 0 Å². The molecular weight excluding hydrogens is 228 g/mol. The first-order valence-corrected chi connectivity index (χ1v) is 5.36. The van der Waals surface area contributed by atoms with E-state index in [0.29, 0.717) is 12.8 Å². The SMILES string of the molecule is NC(CC(=O)O)C(=O)NCC1(C(=O)O)CCC1. The van der Waals surface area contributed by atoms with Gasteiger partial charge in [0.05, 0.1) is 17.9 Å². The minimum Gasteiger partial charge on any atom is -0.481 e. The van der Waals surface area contributed by atoms with E-state index < -0.39 is 35.7 Å². The van der Waals surface area contributed by atoms with Gasteiger partial charge in [-0.1, -0.05) is 6.42 Å². The van der Waals surface area contributed by atoms with Crippen LogP contribution in [0, 0.1) is 5.41 Å².